The number of aryl methyl sites for hydroxylation is 2. The van der Waals surface area contributed by atoms with Crippen LogP contribution in [0.5, 0.6) is 0 Å². The first-order valence-corrected chi connectivity index (χ1v) is 7.78. The molecule has 0 fully saturated rings. The van der Waals surface area contributed by atoms with Crippen LogP contribution < -0.4 is 10.7 Å². The largest absolute Gasteiger partial charge is 0.550 e. The molecule has 3 aromatic rings. The van der Waals surface area contributed by atoms with E-state index in [4.69, 9.17) is 8.83 Å². The number of aliphatic carboxylic acids is 1. The van der Waals surface area contributed by atoms with Gasteiger partial charge in [0.1, 0.15) is 11.2 Å². The van der Waals surface area contributed by atoms with E-state index in [2.05, 4.69) is 20.8 Å². The Morgan fingerprint density at radius 3 is 2.46 bits per heavy atom. The van der Waals surface area contributed by atoms with Crippen molar-refractivity contribution in [3.8, 4) is 0 Å². The SMILES string of the molecule is Cc1cc2oc(=O)c(CC(=O)[O-])c(C)c2c2occ(C(C)(C)C)c12. The van der Waals surface area contributed by atoms with Gasteiger partial charge in [-0.25, -0.2) is 4.79 Å². The van der Waals surface area contributed by atoms with Crippen LogP contribution in [0.2, 0.25) is 0 Å². The van der Waals surface area contributed by atoms with Gasteiger partial charge in [-0.3, -0.25) is 0 Å². The third kappa shape index (κ3) is 2.40. The molecule has 0 N–H and O–H groups in total. The third-order valence-electron chi connectivity index (χ3n) is 4.41. The number of carbonyl (C=O) groups excluding carboxylic acids is 1. The van der Waals surface area contributed by atoms with Crippen molar-refractivity contribution in [2.75, 3.05) is 0 Å². The molecular formula is C19H19O5-. The van der Waals surface area contributed by atoms with Crippen LogP contribution in [0.4, 0.5) is 0 Å². The number of furan rings is 1. The summed E-state index contributed by atoms with van der Waals surface area (Å²) < 4.78 is 11.2. The van der Waals surface area contributed by atoms with E-state index in [1.165, 1.54) is 0 Å². The molecule has 3 rings (SSSR count). The van der Waals surface area contributed by atoms with Crippen molar-refractivity contribution in [1.82, 2.24) is 0 Å². The Morgan fingerprint density at radius 2 is 1.88 bits per heavy atom. The van der Waals surface area contributed by atoms with E-state index in [-0.39, 0.29) is 11.0 Å². The zero-order valence-electron chi connectivity index (χ0n) is 14.4. The van der Waals surface area contributed by atoms with Crippen molar-refractivity contribution in [3.05, 3.63) is 45.0 Å². The van der Waals surface area contributed by atoms with E-state index in [1.54, 1.807) is 19.3 Å². The fourth-order valence-electron chi connectivity index (χ4n) is 3.19. The fourth-order valence-corrected chi connectivity index (χ4v) is 3.19. The summed E-state index contributed by atoms with van der Waals surface area (Å²) in [5.41, 5.74) is 2.93. The Labute approximate surface area is 138 Å². The van der Waals surface area contributed by atoms with Gasteiger partial charge in [0.15, 0.2) is 0 Å². The molecule has 2 aromatic heterocycles. The van der Waals surface area contributed by atoms with E-state index < -0.39 is 18.0 Å². The van der Waals surface area contributed by atoms with E-state index in [0.717, 1.165) is 16.5 Å². The molecular weight excluding hydrogens is 308 g/mol. The summed E-state index contributed by atoms with van der Waals surface area (Å²) in [6, 6.07) is 1.81. The molecule has 1 aromatic carbocycles. The minimum absolute atomic E-state index is 0.0985. The molecule has 0 unspecified atom stereocenters. The van der Waals surface area contributed by atoms with Gasteiger partial charge >= 0.3 is 5.63 Å². The van der Waals surface area contributed by atoms with Crippen LogP contribution in [0.25, 0.3) is 21.9 Å². The molecule has 0 saturated carbocycles. The molecule has 5 nitrogen and oxygen atoms in total. The topological polar surface area (TPSA) is 83.5 Å². The van der Waals surface area contributed by atoms with Crippen molar-refractivity contribution >= 4 is 27.9 Å². The molecule has 0 aliphatic carbocycles. The predicted octanol–water partition coefficient (Wildman–Crippen LogP) is 2.75. The Balaban J connectivity index is 2.49. The number of hydrogen-bond donors (Lipinski definition) is 0. The molecule has 0 aliphatic heterocycles. The molecule has 2 heterocycles. The van der Waals surface area contributed by atoms with Gasteiger partial charge in [0, 0.05) is 28.9 Å². The predicted molar refractivity (Wildman–Crippen MR) is 89.1 cm³/mol. The van der Waals surface area contributed by atoms with E-state index in [1.807, 2.05) is 6.92 Å². The van der Waals surface area contributed by atoms with Crippen molar-refractivity contribution in [2.45, 2.75) is 46.5 Å². The second kappa shape index (κ2) is 5.23. The van der Waals surface area contributed by atoms with Gasteiger partial charge in [0.05, 0.1) is 11.6 Å². The number of fused-ring (bicyclic) bond motifs is 3. The molecule has 0 radical (unpaired) electrons. The minimum Gasteiger partial charge on any atom is -0.550 e. The van der Waals surface area contributed by atoms with Crippen LogP contribution in [0, 0.1) is 13.8 Å². The van der Waals surface area contributed by atoms with Gasteiger partial charge < -0.3 is 18.7 Å². The van der Waals surface area contributed by atoms with E-state index in [0.29, 0.717) is 22.1 Å². The van der Waals surface area contributed by atoms with Gasteiger partial charge in [-0.2, -0.15) is 0 Å². The average molecular weight is 327 g/mol. The van der Waals surface area contributed by atoms with Gasteiger partial charge in [0.2, 0.25) is 0 Å². The highest BCUT2D eigenvalue weighted by atomic mass is 16.4. The molecule has 0 spiro atoms. The number of benzene rings is 1. The molecule has 0 saturated heterocycles. The zero-order valence-corrected chi connectivity index (χ0v) is 14.4. The standard InChI is InChI=1S/C19H20O5/c1-9-6-13-16(10(2)11(7-14(20)21)18(22)24-13)17-15(9)12(8-23-17)19(3,4)5/h6,8H,7H2,1-5H3,(H,20,21)/p-1. The van der Waals surface area contributed by atoms with Crippen molar-refractivity contribution < 1.29 is 18.7 Å². The Hall–Kier alpha value is -2.56. The number of rotatable bonds is 2. The van der Waals surface area contributed by atoms with Crippen LogP contribution in [0.15, 0.2) is 26.0 Å². The molecule has 5 heteroatoms. The number of carboxylic acids is 1. The summed E-state index contributed by atoms with van der Waals surface area (Å²) >= 11 is 0. The van der Waals surface area contributed by atoms with Gasteiger partial charge in [0.25, 0.3) is 0 Å². The van der Waals surface area contributed by atoms with Crippen LogP contribution in [-0.4, -0.2) is 5.97 Å². The summed E-state index contributed by atoms with van der Waals surface area (Å²) in [7, 11) is 0. The highest BCUT2D eigenvalue weighted by Crippen LogP contribution is 2.38. The summed E-state index contributed by atoms with van der Waals surface area (Å²) in [5, 5.41) is 12.6. The summed E-state index contributed by atoms with van der Waals surface area (Å²) in [4.78, 5) is 23.1. The lowest BCUT2D eigenvalue weighted by Gasteiger charge is -2.17. The lowest BCUT2D eigenvalue weighted by molar-refractivity contribution is -0.304. The molecule has 0 aliphatic rings. The first-order chi connectivity index (χ1) is 11.1. The van der Waals surface area contributed by atoms with E-state index >= 15 is 0 Å². The number of carbonyl (C=O) groups is 1. The number of carboxylic acid groups (broad SMARTS) is 1. The lowest BCUT2D eigenvalue weighted by atomic mass is 9.85. The summed E-state index contributed by atoms with van der Waals surface area (Å²) in [6.45, 7) is 9.95. The second-order valence-electron chi connectivity index (χ2n) is 7.21. The van der Waals surface area contributed by atoms with Crippen LogP contribution in [0.3, 0.4) is 0 Å². The average Bonchev–Trinajstić information content (AvgIpc) is 2.88. The molecule has 24 heavy (non-hydrogen) atoms. The maximum Gasteiger partial charge on any atom is 0.340 e. The van der Waals surface area contributed by atoms with Gasteiger partial charge in [-0.15, -0.1) is 0 Å². The summed E-state index contributed by atoms with van der Waals surface area (Å²) in [5.74, 6) is -1.32. The third-order valence-corrected chi connectivity index (χ3v) is 4.41. The minimum atomic E-state index is -1.32. The van der Waals surface area contributed by atoms with Crippen LogP contribution in [0.1, 0.15) is 43.0 Å². The Kier molecular flexibility index (Phi) is 3.55. The Morgan fingerprint density at radius 1 is 1.21 bits per heavy atom. The van der Waals surface area contributed by atoms with Gasteiger partial charge in [-0.05, 0) is 36.5 Å². The second-order valence-corrected chi connectivity index (χ2v) is 7.21. The quantitative estimate of drug-likeness (QED) is 0.676. The molecule has 126 valence electrons. The van der Waals surface area contributed by atoms with Gasteiger partial charge in [-0.1, -0.05) is 20.8 Å². The zero-order chi connectivity index (χ0) is 17.8. The fraction of sp³-hybridized carbons (Fsp3) is 0.368. The molecule has 0 atom stereocenters. The monoisotopic (exact) mass is 327 g/mol. The van der Waals surface area contributed by atoms with Crippen LogP contribution >= 0.6 is 0 Å². The molecule has 0 bridgehead atoms. The smallest absolute Gasteiger partial charge is 0.340 e. The van der Waals surface area contributed by atoms with Crippen molar-refractivity contribution in [3.63, 3.8) is 0 Å². The lowest BCUT2D eigenvalue weighted by Crippen LogP contribution is -2.27. The molecule has 0 amide bonds. The Bertz CT molecular complexity index is 1030. The van der Waals surface area contributed by atoms with E-state index in [9.17, 15) is 14.7 Å². The maximum atomic E-state index is 12.1. The van der Waals surface area contributed by atoms with Crippen molar-refractivity contribution in [2.24, 2.45) is 0 Å². The van der Waals surface area contributed by atoms with Crippen molar-refractivity contribution in [1.29, 1.82) is 0 Å². The van der Waals surface area contributed by atoms with Crippen LogP contribution in [-0.2, 0) is 16.6 Å². The normalized spacial score (nSPS) is 12.2. The highest BCUT2D eigenvalue weighted by Gasteiger charge is 2.24. The first-order valence-electron chi connectivity index (χ1n) is 7.78. The first kappa shape index (κ1) is 16.3. The summed E-state index contributed by atoms with van der Waals surface area (Å²) in [6.07, 6.45) is 1.24. The highest BCUT2D eigenvalue weighted by molar-refractivity contribution is 6.07. The maximum absolute atomic E-state index is 12.1. The number of hydrogen-bond acceptors (Lipinski definition) is 5.